The van der Waals surface area contributed by atoms with Crippen molar-refractivity contribution >= 4 is 11.8 Å². The largest absolute Gasteiger partial charge is 0.346 e. The third-order valence-electron chi connectivity index (χ3n) is 4.13. The zero-order valence-corrected chi connectivity index (χ0v) is 14.1. The van der Waals surface area contributed by atoms with Crippen LogP contribution in [0.3, 0.4) is 0 Å². The molecular formula is C16H27N5O2. The van der Waals surface area contributed by atoms with Gasteiger partial charge in [-0.3, -0.25) is 9.59 Å². The predicted molar refractivity (Wildman–Crippen MR) is 86.5 cm³/mol. The molecule has 1 N–H and O–H groups in total. The maximum atomic E-state index is 12.1. The molecule has 2 amide bonds. The molecule has 1 unspecified atom stereocenters. The highest BCUT2D eigenvalue weighted by Gasteiger charge is 2.19. The maximum absolute atomic E-state index is 12.1. The molecule has 2 heterocycles. The van der Waals surface area contributed by atoms with Gasteiger partial charge in [0.05, 0.1) is 6.04 Å². The second-order valence-corrected chi connectivity index (χ2v) is 6.07. The molecule has 1 fully saturated rings. The number of carbonyl (C=O) groups excluding carboxylic acids is 2. The van der Waals surface area contributed by atoms with E-state index in [9.17, 15) is 9.59 Å². The van der Waals surface area contributed by atoms with E-state index in [0.29, 0.717) is 19.4 Å². The summed E-state index contributed by atoms with van der Waals surface area (Å²) in [6, 6.07) is -0.184. The van der Waals surface area contributed by atoms with Crippen LogP contribution in [0.25, 0.3) is 0 Å². The quantitative estimate of drug-likeness (QED) is 0.828. The lowest BCUT2D eigenvalue weighted by molar-refractivity contribution is -0.131. The molecule has 128 valence electrons. The summed E-state index contributed by atoms with van der Waals surface area (Å²) in [5, 5.41) is 7.13. The van der Waals surface area contributed by atoms with Crippen LogP contribution in [0, 0.1) is 0 Å². The van der Waals surface area contributed by atoms with Crippen molar-refractivity contribution in [2.24, 2.45) is 0 Å². The Morgan fingerprint density at radius 3 is 2.96 bits per heavy atom. The first-order valence-corrected chi connectivity index (χ1v) is 8.56. The number of aryl methyl sites for hydroxylation is 1. The molecule has 0 bridgehead atoms. The highest BCUT2D eigenvalue weighted by atomic mass is 16.2. The van der Waals surface area contributed by atoms with Gasteiger partial charge in [0.1, 0.15) is 12.2 Å². The fraction of sp³-hybridized carbons (Fsp3) is 0.750. The summed E-state index contributed by atoms with van der Waals surface area (Å²) in [5.41, 5.74) is 0. The van der Waals surface area contributed by atoms with Gasteiger partial charge in [0.15, 0.2) is 0 Å². The Labute approximate surface area is 137 Å². The predicted octanol–water partition coefficient (Wildman–Crippen LogP) is 1.66. The zero-order valence-electron chi connectivity index (χ0n) is 14.1. The molecule has 1 aromatic heterocycles. The van der Waals surface area contributed by atoms with Crippen molar-refractivity contribution in [2.75, 3.05) is 13.1 Å². The molecule has 0 spiro atoms. The van der Waals surface area contributed by atoms with E-state index < -0.39 is 0 Å². The first kappa shape index (κ1) is 17.4. The third-order valence-corrected chi connectivity index (χ3v) is 4.13. The number of aromatic nitrogens is 3. The van der Waals surface area contributed by atoms with Gasteiger partial charge in [-0.2, -0.15) is 5.10 Å². The number of amides is 2. The fourth-order valence-corrected chi connectivity index (χ4v) is 2.88. The van der Waals surface area contributed by atoms with Crippen LogP contribution >= 0.6 is 0 Å². The Kier molecular flexibility index (Phi) is 6.55. The highest BCUT2D eigenvalue weighted by Crippen LogP contribution is 2.12. The maximum Gasteiger partial charge on any atom is 0.222 e. The van der Waals surface area contributed by atoms with Crippen LogP contribution in [0.5, 0.6) is 0 Å². The first-order valence-electron chi connectivity index (χ1n) is 8.56. The minimum atomic E-state index is -0.184. The van der Waals surface area contributed by atoms with E-state index >= 15 is 0 Å². The number of carbonyl (C=O) groups is 2. The van der Waals surface area contributed by atoms with Crippen LogP contribution < -0.4 is 5.32 Å². The van der Waals surface area contributed by atoms with E-state index in [1.807, 2.05) is 16.5 Å². The minimum Gasteiger partial charge on any atom is -0.346 e. The van der Waals surface area contributed by atoms with Gasteiger partial charge in [-0.25, -0.2) is 9.67 Å². The van der Waals surface area contributed by atoms with Crippen molar-refractivity contribution in [3.05, 3.63) is 12.2 Å². The first-order chi connectivity index (χ1) is 11.1. The molecule has 0 radical (unpaired) electrons. The molecule has 1 saturated heterocycles. The number of nitrogens with one attached hydrogen (secondary N) is 1. The molecule has 1 aliphatic heterocycles. The van der Waals surface area contributed by atoms with Gasteiger partial charge in [-0.15, -0.1) is 0 Å². The smallest absolute Gasteiger partial charge is 0.222 e. The number of hydrogen-bond donors (Lipinski definition) is 1. The van der Waals surface area contributed by atoms with Crippen molar-refractivity contribution < 1.29 is 9.59 Å². The van der Waals surface area contributed by atoms with Gasteiger partial charge < -0.3 is 10.2 Å². The SMILES string of the molecule is CCCn1ncnc1C(C)NC(=O)CCN1CCCCCC1=O. The standard InChI is InChI=1S/C16H27N5O2/c1-3-9-21-16(17-12-18-21)13(2)19-14(22)8-11-20-10-6-4-5-7-15(20)23/h12-13H,3-11H2,1-2H3,(H,19,22). The number of likely N-dealkylation sites (tertiary alicyclic amines) is 1. The lowest BCUT2D eigenvalue weighted by atomic mass is 10.2. The van der Waals surface area contributed by atoms with Gasteiger partial charge in [0.25, 0.3) is 0 Å². The highest BCUT2D eigenvalue weighted by molar-refractivity contribution is 5.79. The van der Waals surface area contributed by atoms with Gasteiger partial charge in [0.2, 0.25) is 11.8 Å². The van der Waals surface area contributed by atoms with Gasteiger partial charge >= 0.3 is 0 Å². The summed E-state index contributed by atoms with van der Waals surface area (Å²) >= 11 is 0. The fourth-order valence-electron chi connectivity index (χ4n) is 2.88. The topological polar surface area (TPSA) is 80.1 Å². The minimum absolute atomic E-state index is 0.0550. The van der Waals surface area contributed by atoms with E-state index in [2.05, 4.69) is 22.3 Å². The third kappa shape index (κ3) is 5.04. The second-order valence-electron chi connectivity index (χ2n) is 6.07. The van der Waals surface area contributed by atoms with Gasteiger partial charge in [0, 0.05) is 32.5 Å². The molecule has 7 nitrogen and oxygen atoms in total. The van der Waals surface area contributed by atoms with Crippen LogP contribution in [0.15, 0.2) is 6.33 Å². The van der Waals surface area contributed by atoms with Gasteiger partial charge in [-0.1, -0.05) is 13.3 Å². The molecule has 0 aromatic carbocycles. The van der Waals surface area contributed by atoms with Crippen LogP contribution in [0.4, 0.5) is 0 Å². The zero-order chi connectivity index (χ0) is 16.7. The normalized spacial score (nSPS) is 17.0. The summed E-state index contributed by atoms with van der Waals surface area (Å²) < 4.78 is 1.82. The van der Waals surface area contributed by atoms with E-state index in [1.165, 1.54) is 6.33 Å². The summed E-state index contributed by atoms with van der Waals surface area (Å²) in [4.78, 5) is 30.1. The summed E-state index contributed by atoms with van der Waals surface area (Å²) in [6.07, 6.45) is 6.52. The Balaban J connectivity index is 1.81. The molecule has 7 heteroatoms. The van der Waals surface area contributed by atoms with Crippen LogP contribution in [-0.4, -0.2) is 44.6 Å². The van der Waals surface area contributed by atoms with E-state index in [4.69, 9.17) is 0 Å². The molecule has 0 aliphatic carbocycles. The molecular weight excluding hydrogens is 294 g/mol. The molecule has 0 saturated carbocycles. The Hall–Kier alpha value is -1.92. The van der Waals surface area contributed by atoms with Gasteiger partial charge in [-0.05, 0) is 26.2 Å². The number of hydrogen-bond acceptors (Lipinski definition) is 4. The molecule has 2 rings (SSSR count). The molecule has 1 aliphatic rings. The van der Waals surface area contributed by atoms with Crippen molar-refractivity contribution in [2.45, 2.75) is 65.0 Å². The lowest BCUT2D eigenvalue weighted by Crippen LogP contribution is -2.36. The Bertz CT molecular complexity index is 528. The van der Waals surface area contributed by atoms with Crippen molar-refractivity contribution in [1.82, 2.24) is 25.0 Å². The number of nitrogens with zero attached hydrogens (tertiary/aromatic N) is 4. The summed E-state index contributed by atoms with van der Waals surface area (Å²) in [5.74, 6) is 0.887. The van der Waals surface area contributed by atoms with Crippen molar-refractivity contribution in [3.63, 3.8) is 0 Å². The van der Waals surface area contributed by atoms with Crippen molar-refractivity contribution in [1.29, 1.82) is 0 Å². The second kappa shape index (κ2) is 8.64. The van der Waals surface area contributed by atoms with Crippen LogP contribution in [0.2, 0.25) is 0 Å². The van der Waals surface area contributed by atoms with Crippen LogP contribution in [0.1, 0.15) is 64.2 Å². The number of rotatable bonds is 7. The van der Waals surface area contributed by atoms with E-state index in [0.717, 1.165) is 44.6 Å². The molecule has 1 atom stereocenters. The monoisotopic (exact) mass is 321 g/mol. The summed E-state index contributed by atoms with van der Waals surface area (Å²) in [7, 11) is 0. The average molecular weight is 321 g/mol. The summed E-state index contributed by atoms with van der Waals surface area (Å²) in [6.45, 7) is 6.04. The molecule has 1 aromatic rings. The molecule has 23 heavy (non-hydrogen) atoms. The average Bonchev–Trinajstić information content (AvgIpc) is 2.88. The van der Waals surface area contributed by atoms with Crippen molar-refractivity contribution in [3.8, 4) is 0 Å². The van der Waals surface area contributed by atoms with E-state index in [-0.39, 0.29) is 17.9 Å². The van der Waals surface area contributed by atoms with E-state index in [1.54, 1.807) is 0 Å². The lowest BCUT2D eigenvalue weighted by Gasteiger charge is -2.21. The Morgan fingerprint density at radius 1 is 1.35 bits per heavy atom. The van der Waals surface area contributed by atoms with Crippen LogP contribution in [-0.2, 0) is 16.1 Å². The Morgan fingerprint density at radius 2 is 2.17 bits per heavy atom.